The molecule has 3 heterocycles. The number of hydrogen-bond donors (Lipinski definition) is 4. The maximum atomic E-state index is 10.3. The molecule has 3 rings (SSSR count). The van der Waals surface area contributed by atoms with E-state index < -0.39 is 24.5 Å². The Balaban J connectivity index is 2.02. The molecule has 0 bridgehead atoms. The van der Waals surface area contributed by atoms with Gasteiger partial charge < -0.3 is 20.7 Å². The molecule has 0 unspecified atom stereocenters. The molecule has 5 N–H and O–H groups in total. The molecule has 0 amide bonds. The fraction of sp³-hybridized carbons (Fsp3) is 0.562. The van der Waals surface area contributed by atoms with Crippen molar-refractivity contribution in [1.82, 2.24) is 24.9 Å². The molecule has 0 spiro atoms. The lowest BCUT2D eigenvalue weighted by atomic mass is 10.1. The van der Waals surface area contributed by atoms with Crippen LogP contribution in [0.4, 0.5) is 5.82 Å². The molecule has 1 aliphatic heterocycles. The Kier molecular flexibility index (Phi) is 4.99. The third kappa shape index (κ3) is 3.06. The zero-order valence-electron chi connectivity index (χ0n) is 15.3. The molecule has 10 heteroatoms. The van der Waals surface area contributed by atoms with Gasteiger partial charge in [-0.3, -0.25) is 15.0 Å². The van der Waals surface area contributed by atoms with Gasteiger partial charge in [-0.1, -0.05) is 6.92 Å². The van der Waals surface area contributed by atoms with Crippen molar-refractivity contribution in [3.63, 3.8) is 0 Å². The number of aromatic nitrogens is 4. The number of aliphatic hydroxyl groups is 2. The van der Waals surface area contributed by atoms with Crippen LogP contribution < -0.4 is 16.2 Å². The highest BCUT2D eigenvalue weighted by Gasteiger charge is 2.42. The molecular weight excluding hydrogens is 338 g/mol. The maximum Gasteiger partial charge on any atom is 0.178 e. The number of anilines is 1. The second kappa shape index (κ2) is 7.06. The quantitative estimate of drug-likeness (QED) is 0.538. The highest BCUT2D eigenvalue weighted by molar-refractivity contribution is 5.83. The lowest BCUT2D eigenvalue weighted by molar-refractivity contribution is -0.0310. The first kappa shape index (κ1) is 18.4. The number of nitrogens with one attached hydrogen (secondary N) is 1. The molecule has 0 radical (unpaired) electrons. The molecule has 1 saturated heterocycles. The number of aryl methyl sites for hydroxylation is 1. The normalized spacial score (nSPS) is 26.5. The van der Waals surface area contributed by atoms with Gasteiger partial charge in [0, 0.05) is 7.05 Å². The van der Waals surface area contributed by atoms with E-state index in [0.717, 1.165) is 6.42 Å². The van der Waals surface area contributed by atoms with Crippen molar-refractivity contribution >= 4 is 17.0 Å². The van der Waals surface area contributed by atoms with Gasteiger partial charge in [0.1, 0.15) is 30.2 Å². The van der Waals surface area contributed by atoms with E-state index in [1.807, 2.05) is 13.0 Å². The van der Waals surface area contributed by atoms with E-state index >= 15 is 0 Å². The van der Waals surface area contributed by atoms with E-state index in [4.69, 9.17) is 10.5 Å². The molecule has 2 aromatic heterocycles. The minimum Gasteiger partial charge on any atom is -0.388 e. The van der Waals surface area contributed by atoms with E-state index in [-0.39, 0.29) is 0 Å². The molecule has 0 aromatic carbocycles. The number of allylic oxidation sites excluding steroid dienone is 1. The van der Waals surface area contributed by atoms with Crippen LogP contribution in [-0.2, 0) is 4.74 Å². The Morgan fingerprint density at radius 1 is 1.42 bits per heavy atom. The van der Waals surface area contributed by atoms with Crippen LogP contribution in [0.15, 0.2) is 18.2 Å². The largest absolute Gasteiger partial charge is 0.388 e. The van der Waals surface area contributed by atoms with Crippen molar-refractivity contribution in [2.75, 3.05) is 12.1 Å². The topological polar surface area (TPSA) is 135 Å². The third-order valence-corrected chi connectivity index (χ3v) is 4.40. The Morgan fingerprint density at radius 3 is 2.77 bits per heavy atom. The van der Waals surface area contributed by atoms with Crippen molar-refractivity contribution in [2.45, 2.75) is 51.7 Å². The summed E-state index contributed by atoms with van der Waals surface area (Å²) in [5, 5.41) is 22.0. The van der Waals surface area contributed by atoms with Crippen molar-refractivity contribution < 1.29 is 14.9 Å². The first-order valence-corrected chi connectivity index (χ1v) is 8.52. The van der Waals surface area contributed by atoms with Gasteiger partial charge in [0.25, 0.3) is 0 Å². The van der Waals surface area contributed by atoms with Crippen LogP contribution in [0.25, 0.3) is 11.2 Å². The zero-order valence-corrected chi connectivity index (χ0v) is 15.3. The van der Waals surface area contributed by atoms with Gasteiger partial charge in [0.15, 0.2) is 23.2 Å². The standard InChI is InChI=1S/C16H25N7O3/c1-5-6-10(17)21-22(4)14-11-15(19-7-18-14)23(9(3)20-11)16-13(25)12(24)8(2)26-16/h6-8,12-13,16,21,24-25H,5,17H2,1-4H3/b10-6+/t8-,12-,13-,16-/m1/s1. The second-order valence-corrected chi connectivity index (χ2v) is 6.35. The van der Waals surface area contributed by atoms with Crippen molar-refractivity contribution in [3.8, 4) is 0 Å². The van der Waals surface area contributed by atoms with E-state index in [1.54, 1.807) is 30.5 Å². The van der Waals surface area contributed by atoms with Crippen LogP contribution in [0.2, 0.25) is 0 Å². The lowest BCUT2D eigenvalue weighted by Crippen LogP contribution is -2.37. The van der Waals surface area contributed by atoms with Crippen molar-refractivity contribution in [3.05, 3.63) is 24.0 Å². The van der Waals surface area contributed by atoms with Gasteiger partial charge in [0.2, 0.25) is 0 Å². The van der Waals surface area contributed by atoms with Gasteiger partial charge in [-0.15, -0.1) is 0 Å². The summed E-state index contributed by atoms with van der Waals surface area (Å²) in [4.78, 5) is 13.1. The van der Waals surface area contributed by atoms with Crippen molar-refractivity contribution in [1.29, 1.82) is 0 Å². The average Bonchev–Trinajstić information content (AvgIpc) is 3.05. The monoisotopic (exact) mass is 363 g/mol. The number of fused-ring (bicyclic) bond motifs is 1. The van der Waals surface area contributed by atoms with Crippen molar-refractivity contribution in [2.24, 2.45) is 5.73 Å². The number of imidazole rings is 1. The van der Waals surface area contributed by atoms with Crippen LogP contribution in [0, 0.1) is 6.92 Å². The molecule has 142 valence electrons. The molecule has 4 atom stereocenters. The lowest BCUT2D eigenvalue weighted by Gasteiger charge is -2.21. The summed E-state index contributed by atoms with van der Waals surface area (Å²) in [6.45, 7) is 5.49. The smallest absolute Gasteiger partial charge is 0.178 e. The van der Waals surface area contributed by atoms with E-state index in [1.165, 1.54) is 6.33 Å². The molecular formula is C16H25N7O3. The number of hydrazine groups is 1. The highest BCUT2D eigenvalue weighted by Crippen LogP contribution is 2.33. The summed E-state index contributed by atoms with van der Waals surface area (Å²) in [5.74, 6) is 1.63. The van der Waals surface area contributed by atoms with Gasteiger partial charge in [0.05, 0.1) is 6.10 Å². The first-order valence-electron chi connectivity index (χ1n) is 8.52. The first-order chi connectivity index (χ1) is 12.3. The summed E-state index contributed by atoms with van der Waals surface area (Å²) in [5.41, 5.74) is 9.97. The second-order valence-electron chi connectivity index (χ2n) is 6.35. The minimum absolute atomic E-state index is 0.489. The van der Waals surface area contributed by atoms with Crippen LogP contribution in [0.3, 0.4) is 0 Å². The summed E-state index contributed by atoms with van der Waals surface area (Å²) in [6, 6.07) is 0. The predicted molar refractivity (Wildman–Crippen MR) is 95.8 cm³/mol. The highest BCUT2D eigenvalue weighted by atomic mass is 16.6. The Morgan fingerprint density at radius 2 is 2.15 bits per heavy atom. The molecule has 10 nitrogen and oxygen atoms in total. The minimum atomic E-state index is -1.07. The van der Waals surface area contributed by atoms with Crippen LogP contribution in [0.1, 0.15) is 32.3 Å². The third-order valence-electron chi connectivity index (χ3n) is 4.40. The summed E-state index contributed by atoms with van der Waals surface area (Å²) in [6.07, 6.45) is 0.767. The number of rotatable bonds is 5. The molecule has 0 aliphatic carbocycles. The number of hydrogen-bond acceptors (Lipinski definition) is 9. The van der Waals surface area contributed by atoms with Gasteiger partial charge >= 0.3 is 0 Å². The predicted octanol–water partition coefficient (Wildman–Crippen LogP) is -0.0753. The van der Waals surface area contributed by atoms with Gasteiger partial charge in [-0.2, -0.15) is 0 Å². The zero-order chi connectivity index (χ0) is 19.0. The number of nitrogens with two attached hydrogens (primary N) is 1. The van der Waals surface area contributed by atoms with Crippen LogP contribution in [-0.4, -0.2) is 55.1 Å². The number of nitrogens with zero attached hydrogens (tertiary/aromatic N) is 5. The Labute approximate surface area is 151 Å². The van der Waals surface area contributed by atoms with E-state index in [2.05, 4.69) is 20.4 Å². The fourth-order valence-corrected chi connectivity index (χ4v) is 3.11. The summed E-state index contributed by atoms with van der Waals surface area (Å²) in [7, 11) is 1.78. The maximum absolute atomic E-state index is 10.3. The molecule has 2 aromatic rings. The molecule has 1 fully saturated rings. The molecule has 26 heavy (non-hydrogen) atoms. The SMILES string of the molecule is CC/C=C(\N)NN(C)c1ncnc2c1nc(C)n2[C@@H]1O[C@H](C)[C@@H](O)[C@H]1O. The molecule has 0 saturated carbocycles. The summed E-state index contributed by atoms with van der Waals surface area (Å²) < 4.78 is 7.40. The molecule has 1 aliphatic rings. The Bertz CT molecular complexity index is 822. The number of aliphatic hydroxyl groups excluding tert-OH is 2. The average molecular weight is 363 g/mol. The number of ether oxygens (including phenoxy) is 1. The summed E-state index contributed by atoms with van der Waals surface area (Å²) >= 11 is 0. The van der Waals surface area contributed by atoms with Crippen LogP contribution >= 0.6 is 0 Å². The Hall–Kier alpha value is -2.43. The van der Waals surface area contributed by atoms with Gasteiger partial charge in [-0.05, 0) is 26.3 Å². The van der Waals surface area contributed by atoms with Gasteiger partial charge in [-0.25, -0.2) is 15.0 Å². The van der Waals surface area contributed by atoms with E-state index in [0.29, 0.717) is 28.6 Å². The van der Waals surface area contributed by atoms with E-state index in [9.17, 15) is 10.2 Å². The fourth-order valence-electron chi connectivity index (χ4n) is 3.11. The van der Waals surface area contributed by atoms with Crippen LogP contribution in [0.5, 0.6) is 0 Å².